The van der Waals surface area contributed by atoms with E-state index >= 15 is 0 Å². The lowest BCUT2D eigenvalue weighted by molar-refractivity contribution is -0.0502. The molecule has 22 heavy (non-hydrogen) atoms. The van der Waals surface area contributed by atoms with Gasteiger partial charge in [-0.1, -0.05) is 19.9 Å². The van der Waals surface area contributed by atoms with Crippen LogP contribution in [0.1, 0.15) is 38.1 Å². The predicted octanol–water partition coefficient (Wildman–Crippen LogP) is 3.02. The van der Waals surface area contributed by atoms with E-state index in [4.69, 9.17) is 9.76 Å². The average molecular weight is 312 g/mol. The minimum absolute atomic E-state index is 0.0904. The van der Waals surface area contributed by atoms with Crippen LogP contribution in [-0.4, -0.2) is 30.2 Å². The summed E-state index contributed by atoms with van der Waals surface area (Å²) in [4.78, 5) is 11.1. The van der Waals surface area contributed by atoms with Crippen molar-refractivity contribution in [2.75, 3.05) is 0 Å². The fraction of sp³-hybridized carbons (Fsp3) is 0.533. The van der Waals surface area contributed by atoms with Crippen LogP contribution in [0.3, 0.4) is 0 Å². The maximum Gasteiger partial charge on any atom is 0.387 e. The molecule has 1 aromatic carbocycles. The standard InChI is InChI=1S/C15H19BF2O4/c1-14(2)8-16(22-15(14,3)4)9-5-6-10(12(19)20)11(7-9)21-13(17)18/h5-7,13H,8H2,1-4H3,(H,19,20). The first kappa shape index (κ1) is 16.7. The fourth-order valence-corrected chi connectivity index (χ4v) is 2.56. The summed E-state index contributed by atoms with van der Waals surface area (Å²) in [6.45, 7) is 4.76. The summed E-state index contributed by atoms with van der Waals surface area (Å²) in [5.41, 5.74) is -0.111. The molecule has 1 fully saturated rings. The molecule has 0 atom stereocenters. The Bertz CT molecular complexity index is 571. The third-order valence-electron chi connectivity index (χ3n) is 4.59. The van der Waals surface area contributed by atoms with E-state index in [2.05, 4.69) is 18.6 Å². The van der Waals surface area contributed by atoms with Gasteiger partial charge in [-0.25, -0.2) is 4.79 Å². The van der Waals surface area contributed by atoms with Crippen LogP contribution >= 0.6 is 0 Å². The van der Waals surface area contributed by atoms with Crippen LogP contribution in [0.15, 0.2) is 18.2 Å². The Labute approximate surface area is 128 Å². The van der Waals surface area contributed by atoms with Crippen molar-refractivity contribution < 1.29 is 28.1 Å². The molecule has 1 aliphatic heterocycles. The van der Waals surface area contributed by atoms with Gasteiger partial charge in [0.25, 0.3) is 0 Å². The van der Waals surface area contributed by atoms with E-state index in [1.54, 1.807) is 6.07 Å². The molecule has 0 saturated carbocycles. The molecule has 1 saturated heterocycles. The Morgan fingerprint density at radius 1 is 1.36 bits per heavy atom. The number of hydrogen-bond acceptors (Lipinski definition) is 3. The number of benzene rings is 1. The van der Waals surface area contributed by atoms with Crippen LogP contribution in [0.4, 0.5) is 8.78 Å². The van der Waals surface area contributed by atoms with Crippen molar-refractivity contribution in [2.24, 2.45) is 5.41 Å². The van der Waals surface area contributed by atoms with Crippen molar-refractivity contribution in [1.29, 1.82) is 0 Å². The van der Waals surface area contributed by atoms with Gasteiger partial charge in [0.05, 0.1) is 5.60 Å². The molecule has 0 amide bonds. The van der Waals surface area contributed by atoms with E-state index in [0.29, 0.717) is 11.8 Å². The second kappa shape index (κ2) is 5.54. The van der Waals surface area contributed by atoms with Gasteiger partial charge < -0.3 is 14.5 Å². The van der Waals surface area contributed by atoms with Crippen molar-refractivity contribution in [1.82, 2.24) is 0 Å². The van der Waals surface area contributed by atoms with Gasteiger partial charge in [0.1, 0.15) is 11.3 Å². The first-order valence-electron chi connectivity index (χ1n) is 7.03. The number of carboxylic acids is 1. The molecule has 120 valence electrons. The maximum absolute atomic E-state index is 12.5. The zero-order chi connectivity index (χ0) is 16.7. The molecule has 0 aliphatic carbocycles. The molecule has 2 rings (SSSR count). The summed E-state index contributed by atoms with van der Waals surface area (Å²) in [6, 6.07) is 4.19. The summed E-state index contributed by atoms with van der Waals surface area (Å²) in [7, 11) is 0. The minimum Gasteiger partial charge on any atom is -0.478 e. The Morgan fingerprint density at radius 3 is 2.45 bits per heavy atom. The lowest BCUT2D eigenvalue weighted by atomic mass is 9.54. The Kier molecular flexibility index (Phi) is 4.21. The molecule has 1 aromatic rings. The second-order valence-corrected chi connectivity index (χ2v) is 6.64. The second-order valence-electron chi connectivity index (χ2n) is 6.64. The van der Waals surface area contributed by atoms with Gasteiger partial charge in [0, 0.05) is 0 Å². The van der Waals surface area contributed by atoms with Gasteiger partial charge in [-0.05, 0) is 43.2 Å². The van der Waals surface area contributed by atoms with E-state index in [9.17, 15) is 13.6 Å². The number of rotatable bonds is 4. The van der Waals surface area contributed by atoms with Gasteiger partial charge in [0.2, 0.25) is 0 Å². The van der Waals surface area contributed by atoms with E-state index < -0.39 is 12.6 Å². The third kappa shape index (κ3) is 3.09. The Hall–Kier alpha value is -1.63. The molecule has 0 bridgehead atoms. The molecule has 1 heterocycles. The third-order valence-corrected chi connectivity index (χ3v) is 4.59. The molecule has 1 aliphatic rings. The predicted molar refractivity (Wildman–Crippen MR) is 79.2 cm³/mol. The fourth-order valence-electron chi connectivity index (χ4n) is 2.56. The first-order valence-corrected chi connectivity index (χ1v) is 7.03. The van der Waals surface area contributed by atoms with Crippen molar-refractivity contribution in [3.63, 3.8) is 0 Å². The number of carbonyl (C=O) groups is 1. The maximum atomic E-state index is 12.5. The topological polar surface area (TPSA) is 55.8 Å². The first-order chi connectivity index (χ1) is 10.0. The van der Waals surface area contributed by atoms with Crippen LogP contribution in [0, 0.1) is 5.41 Å². The number of alkyl halides is 2. The molecule has 0 radical (unpaired) electrons. The van der Waals surface area contributed by atoms with E-state index in [1.165, 1.54) is 12.1 Å². The molecular weight excluding hydrogens is 293 g/mol. The summed E-state index contributed by atoms with van der Waals surface area (Å²) in [5, 5.41) is 9.04. The Morgan fingerprint density at radius 2 is 2.00 bits per heavy atom. The molecule has 1 N–H and O–H groups in total. The largest absolute Gasteiger partial charge is 0.478 e. The van der Waals surface area contributed by atoms with Crippen LogP contribution in [0.2, 0.25) is 6.32 Å². The highest BCUT2D eigenvalue weighted by atomic mass is 19.3. The zero-order valence-corrected chi connectivity index (χ0v) is 13.0. The molecule has 0 unspecified atom stereocenters. The van der Waals surface area contributed by atoms with Crippen LogP contribution in [0.5, 0.6) is 5.75 Å². The molecule has 0 aromatic heterocycles. The summed E-state index contributed by atoms with van der Waals surface area (Å²) < 4.78 is 35.3. The minimum atomic E-state index is -3.08. The number of aromatic carboxylic acids is 1. The number of hydrogen-bond donors (Lipinski definition) is 1. The van der Waals surface area contributed by atoms with Gasteiger partial charge in [-0.2, -0.15) is 8.78 Å². The van der Waals surface area contributed by atoms with E-state index in [1.807, 2.05) is 13.8 Å². The van der Waals surface area contributed by atoms with Crippen molar-refractivity contribution in [3.8, 4) is 5.75 Å². The average Bonchev–Trinajstić information content (AvgIpc) is 2.57. The van der Waals surface area contributed by atoms with Crippen molar-refractivity contribution in [2.45, 2.75) is 46.2 Å². The van der Waals surface area contributed by atoms with Crippen LogP contribution in [-0.2, 0) is 4.65 Å². The monoisotopic (exact) mass is 312 g/mol. The number of ether oxygens (including phenoxy) is 1. The lowest BCUT2D eigenvalue weighted by Crippen LogP contribution is -2.36. The molecule has 0 spiro atoms. The summed E-state index contributed by atoms with van der Waals surface area (Å²) in [5.74, 6) is -1.65. The Balaban J connectivity index is 2.36. The van der Waals surface area contributed by atoms with E-state index in [-0.39, 0.29) is 29.2 Å². The number of carboxylic acid groups (broad SMARTS) is 1. The smallest absolute Gasteiger partial charge is 0.387 e. The van der Waals surface area contributed by atoms with Crippen molar-refractivity contribution in [3.05, 3.63) is 23.8 Å². The molecule has 4 nitrogen and oxygen atoms in total. The van der Waals surface area contributed by atoms with E-state index in [0.717, 1.165) is 0 Å². The van der Waals surface area contributed by atoms with Crippen LogP contribution in [0.25, 0.3) is 0 Å². The zero-order valence-electron chi connectivity index (χ0n) is 13.0. The van der Waals surface area contributed by atoms with Gasteiger partial charge >= 0.3 is 19.5 Å². The summed E-state index contributed by atoms with van der Waals surface area (Å²) in [6.07, 6.45) is 0.709. The summed E-state index contributed by atoms with van der Waals surface area (Å²) >= 11 is 0. The van der Waals surface area contributed by atoms with Gasteiger partial charge in [0.15, 0.2) is 0 Å². The highest BCUT2D eigenvalue weighted by Crippen LogP contribution is 2.45. The lowest BCUT2D eigenvalue weighted by Gasteiger charge is -2.34. The van der Waals surface area contributed by atoms with Gasteiger partial charge in [-0.3, -0.25) is 0 Å². The molecular formula is C15H19BF2O4. The highest BCUT2D eigenvalue weighted by Gasteiger charge is 2.49. The highest BCUT2D eigenvalue weighted by molar-refractivity contribution is 6.68. The van der Waals surface area contributed by atoms with Crippen molar-refractivity contribution >= 4 is 18.3 Å². The van der Waals surface area contributed by atoms with Crippen LogP contribution < -0.4 is 10.2 Å². The normalized spacial score (nSPS) is 19.5. The van der Waals surface area contributed by atoms with Gasteiger partial charge in [-0.15, -0.1) is 0 Å². The SMILES string of the molecule is CC1(C)CB(c2ccc(C(=O)O)c(OC(F)F)c2)OC1(C)C. The number of halogens is 2. The molecule has 7 heteroatoms. The quantitative estimate of drug-likeness (QED) is 0.868.